The fourth-order valence-corrected chi connectivity index (χ4v) is 2.54. The van der Waals surface area contributed by atoms with Gasteiger partial charge in [0.2, 0.25) is 0 Å². The molecule has 2 rings (SSSR count). The number of thiophene rings is 1. The van der Waals surface area contributed by atoms with Crippen molar-refractivity contribution < 1.29 is 4.74 Å². The van der Waals surface area contributed by atoms with Crippen molar-refractivity contribution in [3.63, 3.8) is 0 Å². The molecule has 0 saturated carbocycles. The highest BCUT2D eigenvalue weighted by atomic mass is 32.1. The zero-order valence-corrected chi connectivity index (χ0v) is 10.7. The van der Waals surface area contributed by atoms with Gasteiger partial charge in [-0.05, 0) is 36.5 Å². The average Bonchev–Trinajstić information content (AvgIpc) is 2.83. The van der Waals surface area contributed by atoms with E-state index in [0.29, 0.717) is 6.54 Å². The lowest BCUT2D eigenvalue weighted by Gasteiger charge is -2.30. The summed E-state index contributed by atoms with van der Waals surface area (Å²) in [6, 6.07) is 14.2. The van der Waals surface area contributed by atoms with E-state index in [2.05, 4.69) is 19.1 Å². The highest BCUT2D eigenvalue weighted by molar-refractivity contribution is 7.11. The van der Waals surface area contributed by atoms with Crippen LogP contribution < -0.4 is 10.5 Å². The molecule has 0 spiro atoms. The Labute approximate surface area is 106 Å². The molecule has 3 heteroatoms. The molecular weight excluding hydrogens is 230 g/mol. The van der Waals surface area contributed by atoms with Gasteiger partial charge in [-0.2, -0.15) is 0 Å². The van der Waals surface area contributed by atoms with Gasteiger partial charge in [-0.3, -0.25) is 0 Å². The minimum absolute atomic E-state index is 0.346. The van der Waals surface area contributed by atoms with Crippen LogP contribution in [-0.2, 0) is 5.60 Å². The van der Waals surface area contributed by atoms with Crippen LogP contribution in [0.4, 0.5) is 0 Å². The third-order valence-corrected chi connectivity index (χ3v) is 3.57. The Bertz CT molecular complexity index is 441. The summed E-state index contributed by atoms with van der Waals surface area (Å²) in [4.78, 5) is 0. The number of hydrogen-bond acceptors (Lipinski definition) is 3. The van der Waals surface area contributed by atoms with E-state index in [1.807, 2.05) is 35.7 Å². The molecule has 0 aliphatic rings. The Kier molecular flexibility index (Phi) is 3.82. The summed E-state index contributed by atoms with van der Waals surface area (Å²) >= 11 is 1.61. The largest absolute Gasteiger partial charge is 0.473 e. The zero-order valence-electron chi connectivity index (χ0n) is 9.93. The first kappa shape index (κ1) is 12.1. The number of ether oxygens (including phenoxy) is 1. The lowest BCUT2D eigenvalue weighted by molar-refractivity contribution is 0.0845. The second-order valence-electron chi connectivity index (χ2n) is 4.17. The van der Waals surface area contributed by atoms with Crippen LogP contribution in [0.5, 0.6) is 5.06 Å². The molecule has 2 nitrogen and oxygen atoms in total. The molecule has 0 saturated heterocycles. The van der Waals surface area contributed by atoms with Crippen LogP contribution in [-0.4, -0.2) is 6.54 Å². The molecule has 0 fully saturated rings. The minimum atomic E-state index is -0.346. The van der Waals surface area contributed by atoms with Crippen molar-refractivity contribution in [2.24, 2.45) is 5.73 Å². The number of rotatable bonds is 5. The Morgan fingerprint density at radius 2 is 1.94 bits per heavy atom. The van der Waals surface area contributed by atoms with Crippen molar-refractivity contribution in [2.45, 2.75) is 18.9 Å². The van der Waals surface area contributed by atoms with E-state index in [1.165, 1.54) is 5.56 Å². The molecular formula is C14H17NOS. The van der Waals surface area contributed by atoms with Gasteiger partial charge in [0, 0.05) is 6.42 Å². The molecule has 0 aliphatic heterocycles. The summed E-state index contributed by atoms with van der Waals surface area (Å²) in [7, 11) is 0. The van der Waals surface area contributed by atoms with E-state index >= 15 is 0 Å². The van der Waals surface area contributed by atoms with Crippen LogP contribution in [0.25, 0.3) is 0 Å². The Morgan fingerprint density at radius 1 is 1.18 bits per heavy atom. The van der Waals surface area contributed by atoms with Crippen LogP contribution in [0.15, 0.2) is 47.8 Å². The maximum Gasteiger partial charge on any atom is 0.175 e. The highest BCUT2D eigenvalue weighted by Crippen LogP contribution is 2.33. The number of benzene rings is 1. The molecule has 2 aromatic rings. The number of hydrogen-bond donors (Lipinski definition) is 1. The lowest BCUT2D eigenvalue weighted by Crippen LogP contribution is -2.31. The van der Waals surface area contributed by atoms with Crippen molar-refractivity contribution in [1.29, 1.82) is 0 Å². The van der Waals surface area contributed by atoms with Gasteiger partial charge in [0.15, 0.2) is 5.06 Å². The maximum absolute atomic E-state index is 6.11. The van der Waals surface area contributed by atoms with Crippen LogP contribution in [0.3, 0.4) is 0 Å². The normalized spacial score (nSPS) is 14.2. The summed E-state index contributed by atoms with van der Waals surface area (Å²) in [5, 5.41) is 2.95. The molecule has 1 aromatic heterocycles. The number of nitrogens with two attached hydrogens (primary N) is 1. The Hall–Kier alpha value is -1.32. The van der Waals surface area contributed by atoms with Crippen molar-refractivity contribution in [1.82, 2.24) is 0 Å². The molecule has 90 valence electrons. The van der Waals surface area contributed by atoms with Crippen LogP contribution >= 0.6 is 11.3 Å². The highest BCUT2D eigenvalue weighted by Gasteiger charge is 2.28. The van der Waals surface area contributed by atoms with Crippen molar-refractivity contribution in [2.75, 3.05) is 6.54 Å². The summed E-state index contributed by atoms with van der Waals surface area (Å²) in [6.45, 7) is 2.70. The Morgan fingerprint density at radius 3 is 2.53 bits per heavy atom. The smallest absolute Gasteiger partial charge is 0.175 e. The van der Waals surface area contributed by atoms with Crippen molar-refractivity contribution in [3.05, 3.63) is 53.4 Å². The molecule has 0 radical (unpaired) electrons. The van der Waals surface area contributed by atoms with Crippen molar-refractivity contribution in [3.8, 4) is 5.06 Å². The van der Waals surface area contributed by atoms with Gasteiger partial charge in [-0.1, -0.05) is 30.3 Å². The quantitative estimate of drug-likeness (QED) is 0.879. The van der Waals surface area contributed by atoms with Crippen LogP contribution in [0.1, 0.15) is 18.9 Å². The summed E-state index contributed by atoms with van der Waals surface area (Å²) in [5.74, 6) is 0. The van der Waals surface area contributed by atoms with Crippen LogP contribution in [0.2, 0.25) is 0 Å². The molecule has 1 unspecified atom stereocenters. The maximum atomic E-state index is 6.11. The third kappa shape index (κ3) is 2.87. The molecule has 1 atom stereocenters. The first-order chi connectivity index (χ1) is 8.24. The second kappa shape index (κ2) is 5.34. The van der Waals surface area contributed by atoms with E-state index in [1.54, 1.807) is 11.3 Å². The fraction of sp³-hybridized carbons (Fsp3) is 0.286. The van der Waals surface area contributed by atoms with Gasteiger partial charge in [0.05, 0.1) is 0 Å². The summed E-state index contributed by atoms with van der Waals surface area (Å²) < 4.78 is 6.11. The van der Waals surface area contributed by atoms with Crippen LogP contribution in [0, 0.1) is 0 Å². The minimum Gasteiger partial charge on any atom is -0.473 e. The fourth-order valence-electron chi connectivity index (χ4n) is 1.86. The predicted octanol–water partition coefficient (Wildman–Crippen LogP) is 3.39. The van der Waals surface area contributed by atoms with Gasteiger partial charge in [-0.15, -0.1) is 11.3 Å². The summed E-state index contributed by atoms with van der Waals surface area (Å²) in [5.41, 5.74) is 6.52. The Balaban J connectivity index is 2.26. The third-order valence-electron chi connectivity index (χ3n) is 2.83. The first-order valence-electron chi connectivity index (χ1n) is 5.73. The standard InChI is InChI=1S/C14H17NOS/c1-14(9-10-15,12-6-3-2-4-7-12)16-13-8-5-11-17-13/h2-8,11H,9-10,15H2,1H3. The molecule has 1 heterocycles. The van der Waals surface area contributed by atoms with Gasteiger partial charge >= 0.3 is 0 Å². The summed E-state index contributed by atoms with van der Waals surface area (Å²) in [6.07, 6.45) is 0.801. The van der Waals surface area contributed by atoms with Crippen molar-refractivity contribution >= 4 is 11.3 Å². The van der Waals surface area contributed by atoms with E-state index in [0.717, 1.165) is 11.5 Å². The molecule has 17 heavy (non-hydrogen) atoms. The molecule has 0 aliphatic carbocycles. The molecule has 0 amide bonds. The molecule has 0 bridgehead atoms. The average molecular weight is 247 g/mol. The SMILES string of the molecule is CC(CCN)(Oc1cccs1)c1ccccc1. The molecule has 1 aromatic carbocycles. The van der Waals surface area contributed by atoms with Gasteiger partial charge < -0.3 is 10.5 Å². The van der Waals surface area contributed by atoms with Gasteiger partial charge in [0.25, 0.3) is 0 Å². The van der Waals surface area contributed by atoms with Gasteiger partial charge in [-0.25, -0.2) is 0 Å². The lowest BCUT2D eigenvalue weighted by atomic mass is 9.92. The molecule has 2 N–H and O–H groups in total. The zero-order chi connectivity index (χ0) is 12.1. The monoisotopic (exact) mass is 247 g/mol. The van der Waals surface area contributed by atoms with E-state index < -0.39 is 0 Å². The second-order valence-corrected chi connectivity index (χ2v) is 5.08. The first-order valence-corrected chi connectivity index (χ1v) is 6.61. The van der Waals surface area contributed by atoms with E-state index in [4.69, 9.17) is 10.5 Å². The van der Waals surface area contributed by atoms with E-state index in [-0.39, 0.29) is 5.60 Å². The van der Waals surface area contributed by atoms with Gasteiger partial charge in [0.1, 0.15) is 5.60 Å². The topological polar surface area (TPSA) is 35.2 Å². The predicted molar refractivity (Wildman–Crippen MR) is 72.4 cm³/mol. The van der Waals surface area contributed by atoms with E-state index in [9.17, 15) is 0 Å².